The van der Waals surface area contributed by atoms with Crippen molar-refractivity contribution in [3.63, 3.8) is 0 Å². The zero-order valence-corrected chi connectivity index (χ0v) is 18.8. The van der Waals surface area contributed by atoms with Crippen LogP contribution in [0.1, 0.15) is 52.7 Å². The van der Waals surface area contributed by atoms with Gasteiger partial charge in [-0.15, -0.1) is 0 Å². The Bertz CT molecular complexity index is 1070. The molecule has 2 atom stereocenters. The number of carbonyl (C=O) groups is 1. The number of likely N-dealkylation sites (tertiary alicyclic amines) is 1. The molecule has 4 nitrogen and oxygen atoms in total. The summed E-state index contributed by atoms with van der Waals surface area (Å²) in [6.45, 7) is 3.08. The molecule has 2 heterocycles. The molecule has 0 aliphatic carbocycles. The summed E-state index contributed by atoms with van der Waals surface area (Å²) in [5.41, 5.74) is -1.63. The molecular formula is C24H24F7N3O. The number of piperazine rings is 1. The van der Waals surface area contributed by atoms with Crippen molar-refractivity contribution in [3.05, 3.63) is 70.0 Å². The molecule has 2 saturated heterocycles. The molecule has 2 aliphatic heterocycles. The number of rotatable bonds is 2. The van der Waals surface area contributed by atoms with E-state index in [0.29, 0.717) is 43.8 Å². The topological polar surface area (TPSA) is 35.6 Å². The highest BCUT2D eigenvalue weighted by molar-refractivity contribution is 5.76. The number of hydrogen-bond donors (Lipinski definition) is 1. The van der Waals surface area contributed by atoms with Gasteiger partial charge in [0, 0.05) is 26.2 Å². The van der Waals surface area contributed by atoms with Gasteiger partial charge in [0.05, 0.1) is 23.2 Å². The first-order valence-electron chi connectivity index (χ1n) is 11.2. The third kappa shape index (κ3) is 5.24. The van der Waals surface area contributed by atoms with E-state index < -0.39 is 47.4 Å². The van der Waals surface area contributed by atoms with E-state index in [2.05, 4.69) is 5.32 Å². The monoisotopic (exact) mass is 503 g/mol. The largest absolute Gasteiger partial charge is 0.416 e. The first-order chi connectivity index (χ1) is 16.4. The molecule has 1 unspecified atom stereocenters. The van der Waals surface area contributed by atoms with E-state index in [1.807, 2.05) is 0 Å². The molecule has 4 rings (SSSR count). The Balaban J connectivity index is 1.68. The van der Waals surface area contributed by atoms with Crippen LogP contribution in [0.2, 0.25) is 0 Å². The zero-order valence-electron chi connectivity index (χ0n) is 18.8. The van der Waals surface area contributed by atoms with Crippen LogP contribution in [0.3, 0.4) is 0 Å². The normalized spacial score (nSPS) is 21.5. The van der Waals surface area contributed by atoms with Crippen molar-refractivity contribution in [2.45, 2.75) is 44.2 Å². The van der Waals surface area contributed by atoms with Gasteiger partial charge in [-0.1, -0.05) is 6.07 Å². The Hall–Kier alpha value is -2.82. The van der Waals surface area contributed by atoms with Crippen molar-refractivity contribution < 1.29 is 35.5 Å². The Kier molecular flexibility index (Phi) is 6.74. The number of nitrogens with zero attached hydrogens (tertiary/aromatic N) is 2. The molecule has 2 amide bonds. The molecular weight excluding hydrogens is 479 g/mol. The summed E-state index contributed by atoms with van der Waals surface area (Å²) in [6, 6.07) is 3.89. The van der Waals surface area contributed by atoms with Crippen molar-refractivity contribution in [2.75, 3.05) is 26.2 Å². The number of urea groups is 1. The number of nitrogens with one attached hydrogen (secondary N) is 1. The molecule has 35 heavy (non-hydrogen) atoms. The van der Waals surface area contributed by atoms with Gasteiger partial charge in [-0.3, -0.25) is 0 Å². The average molecular weight is 503 g/mol. The number of carbonyl (C=O) groups excluding carboxylic acids is 1. The smallest absolute Gasteiger partial charge is 0.318 e. The van der Waals surface area contributed by atoms with Gasteiger partial charge < -0.3 is 15.1 Å². The van der Waals surface area contributed by atoms with Gasteiger partial charge in [0.1, 0.15) is 5.82 Å². The predicted molar refractivity (Wildman–Crippen MR) is 114 cm³/mol. The molecule has 2 fully saturated rings. The lowest BCUT2D eigenvalue weighted by molar-refractivity contribution is -0.143. The zero-order chi connectivity index (χ0) is 25.5. The fraction of sp³-hybridized carbons (Fsp3) is 0.458. The quantitative estimate of drug-likeness (QED) is 0.505. The second kappa shape index (κ2) is 9.33. The van der Waals surface area contributed by atoms with Gasteiger partial charge in [0.15, 0.2) is 0 Å². The highest BCUT2D eigenvalue weighted by atomic mass is 19.4. The highest BCUT2D eigenvalue weighted by Crippen LogP contribution is 2.41. The number of alkyl halides is 6. The lowest BCUT2D eigenvalue weighted by Gasteiger charge is -2.40. The van der Waals surface area contributed by atoms with E-state index in [1.54, 1.807) is 17.9 Å². The molecule has 0 aromatic heterocycles. The molecule has 2 aliphatic rings. The first-order valence-corrected chi connectivity index (χ1v) is 11.2. The molecule has 2 aromatic rings. The number of hydrogen-bond acceptors (Lipinski definition) is 2. The molecule has 0 bridgehead atoms. The summed E-state index contributed by atoms with van der Waals surface area (Å²) in [5, 5.41) is 3.19. The summed E-state index contributed by atoms with van der Waals surface area (Å²) in [7, 11) is 0. The average Bonchev–Trinajstić information content (AvgIpc) is 3.27. The van der Waals surface area contributed by atoms with E-state index >= 15 is 0 Å². The fourth-order valence-electron chi connectivity index (χ4n) is 4.90. The van der Waals surface area contributed by atoms with Crippen LogP contribution >= 0.6 is 0 Å². The lowest BCUT2D eigenvalue weighted by Crippen LogP contribution is -2.53. The van der Waals surface area contributed by atoms with Crippen molar-refractivity contribution in [1.29, 1.82) is 0 Å². The molecule has 1 N–H and O–H groups in total. The van der Waals surface area contributed by atoms with Crippen LogP contribution in [0.4, 0.5) is 35.5 Å². The lowest BCUT2D eigenvalue weighted by atomic mass is 9.97. The SMILES string of the molecule is Cc1cc(F)ccc1[C@@H]1CNCCN1C(=O)N1CCCC1c1cc(C(F)(F)F)cc(C(F)(F)F)c1. The summed E-state index contributed by atoms with van der Waals surface area (Å²) in [6.07, 6.45) is -9.24. The van der Waals surface area contributed by atoms with Crippen LogP contribution in [0.15, 0.2) is 36.4 Å². The minimum atomic E-state index is -4.97. The maximum atomic E-state index is 13.6. The van der Waals surface area contributed by atoms with Gasteiger partial charge in [-0.25, -0.2) is 9.18 Å². The molecule has 2 aromatic carbocycles. The van der Waals surface area contributed by atoms with Gasteiger partial charge in [-0.05, 0) is 66.8 Å². The molecule has 0 radical (unpaired) electrons. The number of amides is 2. The van der Waals surface area contributed by atoms with Crippen molar-refractivity contribution in [1.82, 2.24) is 15.1 Å². The Morgan fingerprint density at radius 1 is 0.914 bits per heavy atom. The summed E-state index contributed by atoms with van der Waals surface area (Å²) >= 11 is 0. The molecule has 0 spiro atoms. The Morgan fingerprint density at radius 2 is 1.54 bits per heavy atom. The number of halogens is 7. The Morgan fingerprint density at radius 3 is 2.14 bits per heavy atom. The fourth-order valence-corrected chi connectivity index (χ4v) is 4.90. The third-order valence-corrected chi connectivity index (χ3v) is 6.57. The van der Waals surface area contributed by atoms with Crippen LogP contribution in [0.5, 0.6) is 0 Å². The van der Waals surface area contributed by atoms with Crippen LogP contribution in [-0.2, 0) is 12.4 Å². The summed E-state index contributed by atoms with van der Waals surface area (Å²) in [5.74, 6) is -0.419. The van der Waals surface area contributed by atoms with Crippen molar-refractivity contribution in [2.24, 2.45) is 0 Å². The van der Waals surface area contributed by atoms with Crippen molar-refractivity contribution in [3.8, 4) is 0 Å². The summed E-state index contributed by atoms with van der Waals surface area (Å²) in [4.78, 5) is 16.5. The molecule has 11 heteroatoms. The molecule has 0 saturated carbocycles. The molecule has 190 valence electrons. The van der Waals surface area contributed by atoms with Gasteiger partial charge in [-0.2, -0.15) is 26.3 Å². The van der Waals surface area contributed by atoms with E-state index in [-0.39, 0.29) is 24.6 Å². The van der Waals surface area contributed by atoms with E-state index in [9.17, 15) is 35.5 Å². The standard InChI is InChI=1S/C24H24F7N3O/c1-14-9-18(25)4-5-19(14)21-13-32-6-8-34(21)22(35)33-7-2-3-20(33)15-10-16(23(26,27)28)12-17(11-15)24(29,30)31/h4-5,9-12,20-21,32H,2-3,6-8,13H2,1H3/t20?,21-/m0/s1. The minimum absolute atomic E-state index is 0.0915. The maximum Gasteiger partial charge on any atom is 0.416 e. The van der Waals surface area contributed by atoms with Crippen LogP contribution in [-0.4, -0.2) is 42.0 Å². The number of aryl methyl sites for hydroxylation is 1. The van der Waals surface area contributed by atoms with E-state index in [4.69, 9.17) is 0 Å². The van der Waals surface area contributed by atoms with Crippen LogP contribution in [0, 0.1) is 12.7 Å². The second-order valence-corrected chi connectivity index (χ2v) is 8.89. The minimum Gasteiger partial charge on any atom is -0.318 e. The van der Waals surface area contributed by atoms with E-state index in [0.717, 1.165) is 5.56 Å². The van der Waals surface area contributed by atoms with Crippen LogP contribution in [0.25, 0.3) is 0 Å². The van der Waals surface area contributed by atoms with Gasteiger partial charge in [0.2, 0.25) is 0 Å². The highest BCUT2D eigenvalue weighted by Gasteiger charge is 2.41. The van der Waals surface area contributed by atoms with E-state index in [1.165, 1.54) is 17.0 Å². The maximum absolute atomic E-state index is 13.6. The van der Waals surface area contributed by atoms with Crippen LogP contribution < -0.4 is 5.32 Å². The Labute approximate surface area is 197 Å². The van der Waals surface area contributed by atoms with Crippen molar-refractivity contribution >= 4 is 6.03 Å². The van der Waals surface area contributed by atoms with Gasteiger partial charge in [0.25, 0.3) is 0 Å². The second-order valence-electron chi connectivity index (χ2n) is 8.89. The van der Waals surface area contributed by atoms with Gasteiger partial charge >= 0.3 is 18.4 Å². The first kappa shape index (κ1) is 25.3. The predicted octanol–water partition coefficient (Wildman–Crippen LogP) is 6.08. The third-order valence-electron chi connectivity index (χ3n) is 6.57. The summed E-state index contributed by atoms with van der Waals surface area (Å²) < 4.78 is 93.9. The number of benzene rings is 2.